The third kappa shape index (κ3) is 3.32. The maximum absolute atomic E-state index is 11.3. The van der Waals surface area contributed by atoms with Gasteiger partial charge in [-0.2, -0.15) is 0 Å². The van der Waals surface area contributed by atoms with Crippen LogP contribution in [0.15, 0.2) is 18.2 Å². The summed E-state index contributed by atoms with van der Waals surface area (Å²) in [7, 11) is -0.794. The van der Waals surface area contributed by atoms with E-state index in [2.05, 4.69) is 5.32 Å². The van der Waals surface area contributed by atoms with E-state index in [1.165, 1.54) is 12.1 Å². The molecule has 20 heavy (non-hydrogen) atoms. The Hall–Kier alpha value is -1.96. The fraction of sp³-hybridized carbons (Fsp3) is 0.417. The minimum atomic E-state index is -1.20. The molecule has 1 saturated heterocycles. The molecule has 0 unspecified atom stereocenters. The third-order valence-corrected chi connectivity index (χ3v) is 4.57. The van der Waals surface area contributed by atoms with E-state index in [9.17, 15) is 19.1 Å². The van der Waals surface area contributed by atoms with Crippen LogP contribution in [0.25, 0.3) is 0 Å². The van der Waals surface area contributed by atoms with Gasteiger partial charge in [-0.05, 0) is 25.0 Å². The van der Waals surface area contributed by atoms with Gasteiger partial charge in [0.1, 0.15) is 5.69 Å². The van der Waals surface area contributed by atoms with Crippen LogP contribution in [-0.4, -0.2) is 37.8 Å². The van der Waals surface area contributed by atoms with Gasteiger partial charge in [0.25, 0.3) is 5.69 Å². The van der Waals surface area contributed by atoms with Crippen LogP contribution in [0.3, 0.4) is 0 Å². The molecule has 0 amide bonds. The first-order valence-electron chi connectivity index (χ1n) is 6.10. The summed E-state index contributed by atoms with van der Waals surface area (Å²) < 4.78 is 11.3. The molecule has 1 aromatic carbocycles. The molecule has 0 aliphatic carbocycles. The number of hydrogen-bond acceptors (Lipinski definition) is 5. The van der Waals surface area contributed by atoms with Crippen molar-refractivity contribution in [2.75, 3.05) is 16.8 Å². The van der Waals surface area contributed by atoms with Gasteiger partial charge < -0.3 is 10.4 Å². The van der Waals surface area contributed by atoms with Crippen LogP contribution in [0.5, 0.6) is 0 Å². The maximum Gasteiger partial charge on any atom is 0.335 e. The number of rotatable bonds is 4. The van der Waals surface area contributed by atoms with Crippen LogP contribution < -0.4 is 5.32 Å². The molecule has 0 aromatic heterocycles. The summed E-state index contributed by atoms with van der Waals surface area (Å²) in [4.78, 5) is 21.2. The van der Waals surface area contributed by atoms with Gasteiger partial charge in [0.15, 0.2) is 0 Å². The molecule has 8 heteroatoms. The number of nitro benzene ring substituents is 1. The van der Waals surface area contributed by atoms with E-state index in [-0.39, 0.29) is 17.3 Å². The SMILES string of the molecule is O=C(O)c1ccc(NC2CCS(=O)CC2)c([N+](=O)[O-])c1. The minimum Gasteiger partial charge on any atom is -0.478 e. The van der Waals surface area contributed by atoms with Crippen molar-refractivity contribution in [1.82, 2.24) is 0 Å². The zero-order valence-electron chi connectivity index (χ0n) is 10.6. The standard InChI is InChI=1S/C12H14N2O5S/c15-12(16)8-1-2-10(11(7-8)14(17)18)13-9-3-5-20(19)6-4-9/h1-2,7,9,13H,3-6H2,(H,15,16). The molecule has 7 nitrogen and oxygen atoms in total. The Kier molecular flexibility index (Phi) is 4.33. The number of carbonyl (C=O) groups is 1. The topological polar surface area (TPSA) is 110 Å². The van der Waals surface area contributed by atoms with Crippen LogP contribution in [-0.2, 0) is 10.8 Å². The number of carboxylic acid groups (broad SMARTS) is 1. The second-order valence-electron chi connectivity index (χ2n) is 4.56. The highest BCUT2D eigenvalue weighted by Crippen LogP contribution is 2.28. The molecular formula is C12H14N2O5S. The van der Waals surface area contributed by atoms with Crippen molar-refractivity contribution in [2.45, 2.75) is 18.9 Å². The Labute approximate surface area is 117 Å². The second-order valence-corrected chi connectivity index (χ2v) is 6.26. The summed E-state index contributed by atoms with van der Waals surface area (Å²) in [6, 6.07) is 3.82. The number of nitrogens with one attached hydrogen (secondary N) is 1. The summed E-state index contributed by atoms with van der Waals surface area (Å²) in [5.41, 5.74) is -0.0683. The molecule has 1 aliphatic heterocycles. The molecule has 0 atom stereocenters. The average Bonchev–Trinajstić information content (AvgIpc) is 2.41. The molecule has 0 bridgehead atoms. The molecule has 2 rings (SSSR count). The van der Waals surface area contributed by atoms with Gasteiger partial charge in [-0.3, -0.25) is 14.3 Å². The molecule has 108 valence electrons. The Bertz CT molecular complexity index is 565. The van der Waals surface area contributed by atoms with Crippen LogP contribution in [0, 0.1) is 10.1 Å². The number of aromatic carboxylic acids is 1. The van der Waals surface area contributed by atoms with Crippen molar-refractivity contribution in [3.05, 3.63) is 33.9 Å². The van der Waals surface area contributed by atoms with Crippen LogP contribution in [0.4, 0.5) is 11.4 Å². The fourth-order valence-corrected chi connectivity index (χ4v) is 3.39. The van der Waals surface area contributed by atoms with Crippen LogP contribution in [0.2, 0.25) is 0 Å². The van der Waals surface area contributed by atoms with Gasteiger partial charge in [-0.25, -0.2) is 4.79 Å². The van der Waals surface area contributed by atoms with Gasteiger partial charge in [-0.1, -0.05) is 0 Å². The highest BCUT2D eigenvalue weighted by molar-refractivity contribution is 7.85. The molecule has 1 aromatic rings. The largest absolute Gasteiger partial charge is 0.478 e. The monoisotopic (exact) mass is 298 g/mol. The van der Waals surface area contributed by atoms with E-state index >= 15 is 0 Å². The van der Waals surface area contributed by atoms with Crippen LogP contribution in [0.1, 0.15) is 23.2 Å². The van der Waals surface area contributed by atoms with E-state index in [4.69, 9.17) is 5.11 Å². The van der Waals surface area contributed by atoms with Gasteiger partial charge in [0, 0.05) is 34.4 Å². The van der Waals surface area contributed by atoms with Crippen molar-refractivity contribution in [3.63, 3.8) is 0 Å². The first-order valence-corrected chi connectivity index (χ1v) is 7.59. The lowest BCUT2D eigenvalue weighted by molar-refractivity contribution is -0.384. The van der Waals surface area contributed by atoms with Crippen LogP contribution >= 0.6 is 0 Å². The number of anilines is 1. The van der Waals surface area contributed by atoms with Crippen molar-refractivity contribution in [1.29, 1.82) is 0 Å². The normalized spacial score (nSPS) is 22.2. The first-order chi connectivity index (χ1) is 9.47. The van der Waals surface area contributed by atoms with Gasteiger partial charge in [0.2, 0.25) is 0 Å². The number of hydrogen-bond donors (Lipinski definition) is 2. The number of carboxylic acids is 1. The first kappa shape index (κ1) is 14.4. The Morgan fingerprint density at radius 3 is 2.60 bits per heavy atom. The van der Waals surface area contributed by atoms with Crippen molar-refractivity contribution >= 4 is 28.1 Å². The Balaban J connectivity index is 2.20. The fourth-order valence-electron chi connectivity index (χ4n) is 2.10. The summed E-state index contributed by atoms with van der Waals surface area (Å²) in [5.74, 6) is -0.0372. The average molecular weight is 298 g/mol. The van der Waals surface area contributed by atoms with E-state index in [1.54, 1.807) is 0 Å². The quantitative estimate of drug-likeness (QED) is 0.645. The molecule has 0 radical (unpaired) electrons. The lowest BCUT2D eigenvalue weighted by Crippen LogP contribution is -2.29. The van der Waals surface area contributed by atoms with Crippen molar-refractivity contribution in [2.24, 2.45) is 0 Å². The molecule has 1 heterocycles. The van der Waals surface area contributed by atoms with E-state index in [0.717, 1.165) is 6.07 Å². The molecule has 0 saturated carbocycles. The van der Waals surface area contributed by atoms with Gasteiger partial charge in [-0.15, -0.1) is 0 Å². The second kappa shape index (κ2) is 6.00. The lowest BCUT2D eigenvalue weighted by atomic mass is 10.1. The summed E-state index contributed by atoms with van der Waals surface area (Å²) >= 11 is 0. The summed E-state index contributed by atoms with van der Waals surface area (Å²) in [5, 5.41) is 22.9. The molecule has 2 N–H and O–H groups in total. The lowest BCUT2D eigenvalue weighted by Gasteiger charge is -2.23. The van der Waals surface area contributed by atoms with E-state index < -0.39 is 21.7 Å². The smallest absolute Gasteiger partial charge is 0.335 e. The molecule has 1 fully saturated rings. The van der Waals surface area contributed by atoms with Crippen molar-refractivity contribution in [3.8, 4) is 0 Å². The van der Waals surface area contributed by atoms with E-state index in [1.807, 2.05) is 0 Å². The molecule has 0 spiro atoms. The molecular weight excluding hydrogens is 284 g/mol. The van der Waals surface area contributed by atoms with Crippen molar-refractivity contribution < 1.29 is 19.0 Å². The third-order valence-electron chi connectivity index (χ3n) is 3.19. The maximum atomic E-state index is 11.3. The number of benzene rings is 1. The summed E-state index contributed by atoms with van der Waals surface area (Å²) in [6.07, 6.45) is 1.37. The zero-order chi connectivity index (χ0) is 14.7. The van der Waals surface area contributed by atoms with Gasteiger partial charge >= 0.3 is 5.97 Å². The highest BCUT2D eigenvalue weighted by Gasteiger charge is 2.22. The molecule has 1 aliphatic rings. The number of nitrogens with zero attached hydrogens (tertiary/aromatic N) is 1. The number of nitro groups is 1. The predicted molar refractivity (Wildman–Crippen MR) is 74.6 cm³/mol. The zero-order valence-corrected chi connectivity index (χ0v) is 11.4. The predicted octanol–water partition coefficient (Wildman–Crippen LogP) is 1.62. The highest BCUT2D eigenvalue weighted by atomic mass is 32.2. The summed E-state index contributed by atoms with van der Waals surface area (Å²) in [6.45, 7) is 0. The Morgan fingerprint density at radius 1 is 1.40 bits per heavy atom. The van der Waals surface area contributed by atoms with E-state index in [0.29, 0.717) is 30.0 Å². The minimum absolute atomic E-state index is 0.0297. The Morgan fingerprint density at radius 2 is 2.05 bits per heavy atom. The van der Waals surface area contributed by atoms with Gasteiger partial charge in [0.05, 0.1) is 10.5 Å².